The molecule has 3 nitrogen and oxygen atoms in total. The maximum absolute atomic E-state index is 11.1. The second-order valence-corrected chi connectivity index (χ2v) is 6.20. The molecule has 3 heteroatoms. The highest BCUT2D eigenvalue weighted by Gasteiger charge is 2.19. The molecule has 0 atom stereocenters. The second-order valence-electron chi connectivity index (χ2n) is 6.20. The Labute approximate surface area is 128 Å². The number of carbonyl (C=O) groups excluding carboxylic acids is 1. The van der Waals surface area contributed by atoms with Crippen LogP contribution in [-0.2, 0) is 9.53 Å². The Hall–Kier alpha value is -1.77. The quantitative estimate of drug-likeness (QED) is 0.408. The Bertz CT molecular complexity index is 489. The molecule has 0 aliphatic rings. The predicted molar refractivity (Wildman–Crippen MR) is 85.6 cm³/mol. The highest BCUT2D eigenvalue weighted by Crippen LogP contribution is 2.24. The van der Waals surface area contributed by atoms with Gasteiger partial charge < -0.3 is 9.47 Å². The van der Waals surface area contributed by atoms with Crippen molar-refractivity contribution < 1.29 is 14.3 Å². The van der Waals surface area contributed by atoms with Crippen molar-refractivity contribution in [1.82, 2.24) is 0 Å². The molecule has 0 radical (unpaired) electrons. The predicted octanol–water partition coefficient (Wildman–Crippen LogP) is 4.22. The fourth-order valence-corrected chi connectivity index (χ4v) is 1.99. The number of ether oxygens (including phenoxy) is 2. The van der Waals surface area contributed by atoms with Gasteiger partial charge in [-0.25, -0.2) is 4.79 Å². The molecule has 0 saturated carbocycles. The van der Waals surface area contributed by atoms with Crippen molar-refractivity contribution in [3.63, 3.8) is 0 Å². The van der Waals surface area contributed by atoms with E-state index < -0.39 is 0 Å². The maximum atomic E-state index is 11.1. The number of hydrogen-bond acceptors (Lipinski definition) is 3. The summed E-state index contributed by atoms with van der Waals surface area (Å²) < 4.78 is 10.9. The molecule has 0 aromatic heterocycles. The van der Waals surface area contributed by atoms with Gasteiger partial charge in [0.25, 0.3) is 0 Å². The molecule has 0 fully saturated rings. The van der Waals surface area contributed by atoms with E-state index in [9.17, 15) is 4.79 Å². The number of carbonyl (C=O) groups is 1. The molecule has 1 rings (SSSR count). The first-order chi connectivity index (χ1) is 9.84. The normalized spacial score (nSPS) is 11.0. The molecule has 0 saturated heterocycles. The smallest absolute Gasteiger partial charge is 0.330 e. The molecule has 1 aromatic rings. The van der Waals surface area contributed by atoms with E-state index in [-0.39, 0.29) is 11.4 Å². The van der Waals surface area contributed by atoms with Gasteiger partial charge in [-0.2, -0.15) is 0 Å². The van der Waals surface area contributed by atoms with E-state index >= 15 is 0 Å². The lowest BCUT2D eigenvalue weighted by Crippen LogP contribution is -2.22. The lowest BCUT2D eigenvalue weighted by molar-refractivity contribution is -0.140. The van der Waals surface area contributed by atoms with Crippen LogP contribution in [0.2, 0.25) is 0 Å². The first-order valence-electron chi connectivity index (χ1n) is 7.33. The third kappa shape index (κ3) is 6.48. The molecule has 0 bridgehead atoms. The largest absolute Gasteiger partial charge is 0.493 e. The minimum atomic E-state index is -0.366. The summed E-state index contributed by atoms with van der Waals surface area (Å²) in [7, 11) is 0. The standard InChI is InChI=1S/C18H26O3/c1-6-17(19)21-13-18(4,5)10-7-11-20-16-12-14(2)8-9-15(16)3/h6,8-9,12H,1,7,10-11,13H2,2-5H3. The second kappa shape index (κ2) is 7.87. The van der Waals surface area contributed by atoms with E-state index in [0.717, 1.165) is 24.2 Å². The fraction of sp³-hybridized carbons (Fsp3) is 0.500. The van der Waals surface area contributed by atoms with E-state index in [1.54, 1.807) is 0 Å². The zero-order valence-corrected chi connectivity index (χ0v) is 13.6. The van der Waals surface area contributed by atoms with Gasteiger partial charge in [0.2, 0.25) is 0 Å². The van der Waals surface area contributed by atoms with Crippen molar-refractivity contribution in [1.29, 1.82) is 0 Å². The molecule has 0 amide bonds. The van der Waals surface area contributed by atoms with Crippen LogP contribution in [0.4, 0.5) is 0 Å². The van der Waals surface area contributed by atoms with Gasteiger partial charge in [-0.3, -0.25) is 0 Å². The monoisotopic (exact) mass is 290 g/mol. The van der Waals surface area contributed by atoms with E-state index in [2.05, 4.69) is 45.5 Å². The van der Waals surface area contributed by atoms with E-state index in [1.807, 2.05) is 6.92 Å². The van der Waals surface area contributed by atoms with Crippen molar-refractivity contribution in [2.45, 2.75) is 40.5 Å². The lowest BCUT2D eigenvalue weighted by Gasteiger charge is -2.23. The first-order valence-corrected chi connectivity index (χ1v) is 7.33. The van der Waals surface area contributed by atoms with Crippen LogP contribution >= 0.6 is 0 Å². The van der Waals surface area contributed by atoms with E-state index in [1.165, 1.54) is 11.6 Å². The van der Waals surface area contributed by atoms with Crippen LogP contribution in [0.15, 0.2) is 30.9 Å². The summed E-state index contributed by atoms with van der Waals surface area (Å²) in [5.41, 5.74) is 2.30. The highest BCUT2D eigenvalue weighted by atomic mass is 16.5. The van der Waals surface area contributed by atoms with E-state index in [4.69, 9.17) is 9.47 Å². The third-order valence-electron chi connectivity index (χ3n) is 3.37. The molecule has 116 valence electrons. The van der Waals surface area contributed by atoms with Gasteiger partial charge in [-0.05, 0) is 49.3 Å². The Balaban J connectivity index is 2.34. The molecular weight excluding hydrogens is 264 g/mol. The first kappa shape index (κ1) is 17.3. The van der Waals surface area contributed by atoms with Crippen LogP contribution in [0.5, 0.6) is 5.75 Å². The number of esters is 1. The van der Waals surface area contributed by atoms with Gasteiger partial charge >= 0.3 is 5.97 Å². The van der Waals surface area contributed by atoms with Crippen LogP contribution < -0.4 is 4.74 Å². The van der Waals surface area contributed by atoms with Crippen LogP contribution in [0.3, 0.4) is 0 Å². The number of rotatable bonds is 8. The van der Waals surface area contributed by atoms with Gasteiger partial charge in [-0.1, -0.05) is 32.6 Å². The van der Waals surface area contributed by atoms with Crippen LogP contribution in [0.1, 0.15) is 37.8 Å². The average Bonchev–Trinajstić information content (AvgIpc) is 2.44. The topological polar surface area (TPSA) is 35.5 Å². The minimum absolute atomic E-state index is 0.0519. The van der Waals surface area contributed by atoms with Crippen molar-refractivity contribution in [2.24, 2.45) is 5.41 Å². The van der Waals surface area contributed by atoms with Gasteiger partial charge in [0.1, 0.15) is 5.75 Å². The summed E-state index contributed by atoms with van der Waals surface area (Å²) >= 11 is 0. The summed E-state index contributed by atoms with van der Waals surface area (Å²) in [6.07, 6.45) is 3.05. The van der Waals surface area contributed by atoms with Gasteiger partial charge in [-0.15, -0.1) is 0 Å². The summed E-state index contributed by atoms with van der Waals surface area (Å²) in [4.78, 5) is 11.1. The molecule has 0 N–H and O–H groups in total. The summed E-state index contributed by atoms with van der Waals surface area (Å²) in [5, 5.41) is 0. The molecule has 0 aliphatic heterocycles. The SMILES string of the molecule is C=CC(=O)OCC(C)(C)CCCOc1cc(C)ccc1C. The number of benzene rings is 1. The lowest BCUT2D eigenvalue weighted by atomic mass is 9.89. The zero-order chi connectivity index (χ0) is 15.9. The Kier molecular flexibility index (Phi) is 6.47. The zero-order valence-electron chi connectivity index (χ0n) is 13.6. The van der Waals surface area contributed by atoms with Crippen molar-refractivity contribution >= 4 is 5.97 Å². The number of aryl methyl sites for hydroxylation is 2. The van der Waals surface area contributed by atoms with Crippen molar-refractivity contribution in [3.8, 4) is 5.75 Å². The van der Waals surface area contributed by atoms with E-state index in [0.29, 0.717) is 13.2 Å². The summed E-state index contributed by atoms with van der Waals surface area (Å²) in [5.74, 6) is 0.584. The third-order valence-corrected chi connectivity index (χ3v) is 3.37. The summed E-state index contributed by atoms with van der Waals surface area (Å²) in [6, 6.07) is 6.22. The molecule has 0 heterocycles. The van der Waals surface area contributed by atoms with Gasteiger partial charge in [0.15, 0.2) is 0 Å². The average molecular weight is 290 g/mol. The highest BCUT2D eigenvalue weighted by molar-refractivity contribution is 5.81. The van der Waals surface area contributed by atoms with Gasteiger partial charge in [0, 0.05) is 6.08 Å². The molecular formula is C18H26O3. The van der Waals surface area contributed by atoms with Crippen molar-refractivity contribution in [3.05, 3.63) is 42.0 Å². The van der Waals surface area contributed by atoms with Crippen LogP contribution in [0.25, 0.3) is 0 Å². The molecule has 0 spiro atoms. The molecule has 21 heavy (non-hydrogen) atoms. The van der Waals surface area contributed by atoms with Crippen molar-refractivity contribution in [2.75, 3.05) is 13.2 Å². The van der Waals surface area contributed by atoms with Gasteiger partial charge in [0.05, 0.1) is 13.2 Å². The minimum Gasteiger partial charge on any atom is -0.493 e. The Morgan fingerprint density at radius 2 is 2.05 bits per heavy atom. The molecule has 0 aliphatic carbocycles. The Morgan fingerprint density at radius 1 is 1.33 bits per heavy atom. The maximum Gasteiger partial charge on any atom is 0.330 e. The molecule has 1 aromatic carbocycles. The summed E-state index contributed by atoms with van der Waals surface area (Å²) in [6.45, 7) is 12.7. The van der Waals surface area contributed by atoms with Crippen LogP contribution in [0, 0.1) is 19.3 Å². The van der Waals surface area contributed by atoms with Crippen LogP contribution in [-0.4, -0.2) is 19.2 Å². The fourth-order valence-electron chi connectivity index (χ4n) is 1.99. The number of hydrogen-bond donors (Lipinski definition) is 0. The Morgan fingerprint density at radius 3 is 2.71 bits per heavy atom. The molecule has 0 unspecified atom stereocenters.